The van der Waals surface area contributed by atoms with Crippen molar-refractivity contribution < 1.29 is 28.5 Å². The fourth-order valence-corrected chi connectivity index (χ4v) is 4.94. The number of nitrogens with zero attached hydrogens (tertiary/aromatic N) is 3. The second-order valence-corrected chi connectivity index (χ2v) is 11.7. The predicted molar refractivity (Wildman–Crippen MR) is 166 cm³/mol. The maximum atomic E-state index is 13.6. The Labute approximate surface area is 265 Å². The van der Waals surface area contributed by atoms with Crippen LogP contribution in [0.15, 0.2) is 64.0 Å². The first-order chi connectivity index (χ1) is 21.9. The Morgan fingerprint density at radius 1 is 0.957 bits per heavy atom. The molecule has 1 aliphatic rings. The number of amides is 5. The molecule has 0 unspecified atom stereocenters. The van der Waals surface area contributed by atoms with Crippen LogP contribution in [0, 0.1) is 5.92 Å². The monoisotopic (exact) mass is 633 g/mol. The van der Waals surface area contributed by atoms with Gasteiger partial charge in [-0.2, -0.15) is 0 Å². The van der Waals surface area contributed by atoms with E-state index in [2.05, 4.69) is 26.4 Å². The maximum Gasteiger partial charge on any atom is 0.274 e. The molecule has 0 fully saturated rings. The van der Waals surface area contributed by atoms with Gasteiger partial charge in [0.1, 0.15) is 18.1 Å². The molecule has 14 heteroatoms. The molecule has 0 saturated heterocycles. The number of hydrogen-bond donors (Lipinski definition) is 4. The summed E-state index contributed by atoms with van der Waals surface area (Å²) in [6.07, 6.45) is 1.86. The number of carbonyl (C=O) groups is 5. The van der Waals surface area contributed by atoms with Crippen LogP contribution in [0.1, 0.15) is 59.4 Å². The van der Waals surface area contributed by atoms with Gasteiger partial charge in [0.15, 0.2) is 11.5 Å². The molecule has 2 bridgehead atoms. The van der Waals surface area contributed by atoms with Crippen LogP contribution in [-0.2, 0) is 34.4 Å². The Hall–Kier alpha value is -5.27. The lowest BCUT2D eigenvalue weighted by Gasteiger charge is -2.26. The highest BCUT2D eigenvalue weighted by Crippen LogP contribution is 2.13. The second kappa shape index (κ2) is 15.1. The van der Waals surface area contributed by atoms with Gasteiger partial charge < -0.3 is 35.3 Å². The molecule has 5 amide bonds. The first-order valence-electron chi connectivity index (χ1n) is 15.1. The van der Waals surface area contributed by atoms with Gasteiger partial charge in [0.2, 0.25) is 23.3 Å². The average molecular weight is 634 g/mol. The summed E-state index contributed by atoms with van der Waals surface area (Å²) in [5.74, 6) is -2.58. The third-order valence-electron chi connectivity index (χ3n) is 7.44. The molecule has 3 heterocycles. The zero-order chi connectivity index (χ0) is 33.4. The van der Waals surface area contributed by atoms with Gasteiger partial charge in [0, 0.05) is 44.9 Å². The Kier molecular flexibility index (Phi) is 11.1. The number of benzene rings is 1. The molecule has 4 N–H and O–H groups in total. The van der Waals surface area contributed by atoms with Gasteiger partial charge >= 0.3 is 0 Å². The van der Waals surface area contributed by atoms with Crippen LogP contribution in [0.4, 0.5) is 0 Å². The van der Waals surface area contributed by atoms with Crippen molar-refractivity contribution in [2.24, 2.45) is 13.0 Å². The Bertz CT molecular complexity index is 1630. The molecular weight excluding hydrogens is 594 g/mol. The van der Waals surface area contributed by atoms with Crippen LogP contribution in [0.3, 0.4) is 0 Å². The first kappa shape index (κ1) is 33.6. The van der Waals surface area contributed by atoms with Crippen molar-refractivity contribution in [2.75, 3.05) is 13.1 Å². The second-order valence-electron chi connectivity index (χ2n) is 11.7. The SMILES string of the molecule is CC(C)C[C@H]1NC(=O)[C@@H](C)NC(=O)c2cc(on2)CN(C(=O)c2ccc(=O)n(C)c2)CCNC(=O)[C@@H](Cc2ccccc2)NC1=O. The van der Waals surface area contributed by atoms with Crippen molar-refractivity contribution in [2.45, 2.75) is 58.3 Å². The van der Waals surface area contributed by atoms with E-state index in [9.17, 15) is 28.8 Å². The quantitative estimate of drug-likeness (QED) is 0.313. The minimum Gasteiger partial charge on any atom is -0.359 e. The molecular formula is C32H39N7O7. The molecule has 0 spiro atoms. The molecule has 2 aromatic heterocycles. The Balaban J connectivity index is 1.66. The number of rotatable bonds is 5. The fraction of sp³-hybridized carbons (Fsp3) is 0.406. The number of aryl methyl sites for hydroxylation is 1. The van der Waals surface area contributed by atoms with Crippen molar-refractivity contribution in [3.8, 4) is 0 Å². The minimum atomic E-state index is -1.04. The molecule has 0 radical (unpaired) electrons. The van der Waals surface area contributed by atoms with E-state index >= 15 is 0 Å². The van der Waals surface area contributed by atoms with E-state index < -0.39 is 47.7 Å². The number of aromatic nitrogens is 2. The predicted octanol–water partition coefficient (Wildman–Crippen LogP) is 0.522. The van der Waals surface area contributed by atoms with Crippen molar-refractivity contribution >= 4 is 29.5 Å². The minimum absolute atomic E-state index is 0.00263. The van der Waals surface area contributed by atoms with E-state index in [1.54, 1.807) is 0 Å². The molecule has 1 aromatic carbocycles. The van der Waals surface area contributed by atoms with Crippen molar-refractivity contribution in [3.05, 3.63) is 87.7 Å². The lowest BCUT2D eigenvalue weighted by molar-refractivity contribution is -0.132. The molecule has 3 atom stereocenters. The van der Waals surface area contributed by atoms with Gasteiger partial charge in [-0.1, -0.05) is 49.3 Å². The van der Waals surface area contributed by atoms with Crippen LogP contribution in [-0.4, -0.2) is 75.4 Å². The molecule has 0 saturated carbocycles. The van der Waals surface area contributed by atoms with Gasteiger partial charge in [-0.3, -0.25) is 28.8 Å². The highest BCUT2D eigenvalue weighted by atomic mass is 16.5. The number of hydrogen-bond acceptors (Lipinski definition) is 8. The first-order valence-corrected chi connectivity index (χ1v) is 15.1. The van der Waals surface area contributed by atoms with Gasteiger partial charge in [0.05, 0.1) is 12.1 Å². The fourth-order valence-electron chi connectivity index (χ4n) is 4.94. The van der Waals surface area contributed by atoms with Gasteiger partial charge in [0.25, 0.3) is 11.8 Å². The summed E-state index contributed by atoms with van der Waals surface area (Å²) in [6, 6.07) is 10.2. The van der Waals surface area contributed by atoms with E-state index in [-0.39, 0.29) is 61.0 Å². The summed E-state index contributed by atoms with van der Waals surface area (Å²) < 4.78 is 6.62. The number of pyridine rings is 1. The van der Waals surface area contributed by atoms with Crippen LogP contribution in [0.2, 0.25) is 0 Å². The highest BCUT2D eigenvalue weighted by molar-refractivity contribution is 5.98. The standard InChI is InChI=1S/C32H39N7O7/c1-19(2)14-24-30(43)36-25(15-21-8-6-5-7-9-21)29(42)33-12-13-39(32(45)22-10-11-27(40)38(4)17-22)18-23-16-26(37-46-23)31(44)34-20(3)28(41)35-24/h5-11,16-17,19-20,24-25H,12-15,18H2,1-4H3,(H,33,42)(H,34,44)(H,35,41)(H,36,43)/t20-,24-,25-/m1/s1. The summed E-state index contributed by atoms with van der Waals surface area (Å²) in [5, 5.41) is 14.7. The third-order valence-corrected chi connectivity index (χ3v) is 7.44. The smallest absolute Gasteiger partial charge is 0.274 e. The summed E-state index contributed by atoms with van der Waals surface area (Å²) in [4.78, 5) is 79.9. The largest absolute Gasteiger partial charge is 0.359 e. The van der Waals surface area contributed by atoms with Crippen LogP contribution < -0.4 is 26.8 Å². The average Bonchev–Trinajstić information content (AvgIpc) is 3.49. The lowest BCUT2D eigenvalue weighted by Crippen LogP contribution is -2.57. The molecule has 46 heavy (non-hydrogen) atoms. The van der Waals surface area contributed by atoms with E-state index in [1.807, 2.05) is 44.2 Å². The summed E-state index contributed by atoms with van der Waals surface area (Å²) in [6.45, 7) is 5.17. The Morgan fingerprint density at radius 2 is 1.67 bits per heavy atom. The molecule has 1 aliphatic heterocycles. The number of carbonyl (C=O) groups excluding carboxylic acids is 5. The van der Waals surface area contributed by atoms with E-state index in [0.717, 1.165) is 5.56 Å². The van der Waals surface area contributed by atoms with E-state index in [4.69, 9.17) is 4.52 Å². The number of nitrogens with one attached hydrogen (secondary N) is 4. The van der Waals surface area contributed by atoms with E-state index in [1.165, 1.54) is 47.8 Å². The summed E-state index contributed by atoms with van der Waals surface area (Å²) in [5.41, 5.74) is 0.620. The highest BCUT2D eigenvalue weighted by Gasteiger charge is 2.30. The molecule has 4 rings (SSSR count). The van der Waals surface area contributed by atoms with Gasteiger partial charge in [-0.25, -0.2) is 0 Å². The summed E-state index contributed by atoms with van der Waals surface area (Å²) in [7, 11) is 1.52. The summed E-state index contributed by atoms with van der Waals surface area (Å²) >= 11 is 0. The van der Waals surface area contributed by atoms with Crippen LogP contribution in [0.5, 0.6) is 0 Å². The molecule has 3 aromatic rings. The van der Waals surface area contributed by atoms with E-state index in [0.29, 0.717) is 0 Å². The molecule has 14 nitrogen and oxygen atoms in total. The topological polar surface area (TPSA) is 185 Å². The van der Waals surface area contributed by atoms with Crippen molar-refractivity contribution in [3.63, 3.8) is 0 Å². The zero-order valence-corrected chi connectivity index (χ0v) is 26.2. The van der Waals surface area contributed by atoms with Crippen LogP contribution in [0.25, 0.3) is 0 Å². The lowest BCUT2D eigenvalue weighted by atomic mass is 10.0. The molecule has 0 aliphatic carbocycles. The maximum absolute atomic E-state index is 13.6. The normalized spacial score (nSPS) is 20.2. The van der Waals surface area contributed by atoms with Crippen LogP contribution >= 0.6 is 0 Å². The number of fused-ring (bicyclic) bond motifs is 2. The zero-order valence-electron chi connectivity index (χ0n) is 26.2. The molecule has 244 valence electrons. The van der Waals surface area contributed by atoms with Crippen molar-refractivity contribution in [1.29, 1.82) is 0 Å². The Morgan fingerprint density at radius 3 is 2.37 bits per heavy atom. The van der Waals surface area contributed by atoms with Gasteiger partial charge in [-0.05, 0) is 30.9 Å². The van der Waals surface area contributed by atoms with Crippen molar-refractivity contribution in [1.82, 2.24) is 35.9 Å². The third kappa shape index (κ3) is 8.89. The van der Waals surface area contributed by atoms with Gasteiger partial charge in [-0.15, -0.1) is 0 Å².